The molecule has 4 heteroatoms. The second-order valence-electron chi connectivity index (χ2n) is 4.73. The zero-order valence-corrected chi connectivity index (χ0v) is 11.5. The number of aliphatic hydroxyl groups excluding tert-OH is 1. The highest BCUT2D eigenvalue weighted by atomic mass is 16.5. The summed E-state index contributed by atoms with van der Waals surface area (Å²) in [6.07, 6.45) is 2.41. The summed E-state index contributed by atoms with van der Waals surface area (Å²) in [7, 11) is 1.94. The van der Waals surface area contributed by atoms with Gasteiger partial charge in [-0.25, -0.2) is 0 Å². The summed E-state index contributed by atoms with van der Waals surface area (Å²) >= 11 is 0. The first kappa shape index (κ1) is 14.3. The van der Waals surface area contributed by atoms with Crippen molar-refractivity contribution < 1.29 is 14.6 Å². The number of rotatable bonds is 6. The van der Waals surface area contributed by atoms with Crippen LogP contribution in [0.4, 0.5) is 0 Å². The van der Waals surface area contributed by atoms with Gasteiger partial charge in [0, 0.05) is 6.61 Å². The van der Waals surface area contributed by atoms with Gasteiger partial charge in [-0.1, -0.05) is 29.7 Å². The summed E-state index contributed by atoms with van der Waals surface area (Å²) in [5, 5.41) is 8.80. The maximum Gasteiger partial charge on any atom is 0.153 e. The second-order valence-corrected chi connectivity index (χ2v) is 4.73. The number of aldehydes is 1. The van der Waals surface area contributed by atoms with Crippen molar-refractivity contribution in [1.29, 1.82) is 0 Å². The topological polar surface area (TPSA) is 46.5 Å². The highest BCUT2D eigenvalue weighted by molar-refractivity contribution is 6.32. The molecule has 0 aromatic heterocycles. The summed E-state index contributed by atoms with van der Waals surface area (Å²) in [4.78, 5) is 11.0. The number of aliphatic hydroxyl groups is 1. The maximum absolute atomic E-state index is 11.0. The van der Waals surface area contributed by atoms with Gasteiger partial charge in [0.15, 0.2) is 6.29 Å². The Morgan fingerprint density at radius 1 is 1.15 bits per heavy atom. The molecule has 0 amide bonds. The van der Waals surface area contributed by atoms with E-state index in [4.69, 9.17) is 9.84 Å². The summed E-state index contributed by atoms with van der Waals surface area (Å²) in [5.74, 6) is 1.26. The molecular weight excluding hydrogens is 251 g/mol. The molecule has 0 saturated carbocycles. The lowest BCUT2D eigenvalue weighted by atomic mass is 9.94. The molecular formula is C16H17BO3. The summed E-state index contributed by atoms with van der Waals surface area (Å²) < 4.78 is 5.73. The highest BCUT2D eigenvalue weighted by Crippen LogP contribution is 2.24. The molecule has 2 rings (SSSR count). The molecule has 0 saturated heterocycles. The van der Waals surface area contributed by atoms with E-state index in [0.717, 1.165) is 30.2 Å². The predicted molar refractivity (Wildman–Crippen MR) is 81.9 cm³/mol. The third-order valence-corrected chi connectivity index (χ3v) is 3.07. The smallest absolute Gasteiger partial charge is 0.153 e. The van der Waals surface area contributed by atoms with E-state index in [-0.39, 0.29) is 6.61 Å². The van der Waals surface area contributed by atoms with Crippen molar-refractivity contribution in [2.75, 3.05) is 6.61 Å². The molecule has 2 aromatic carbocycles. The zero-order chi connectivity index (χ0) is 14.4. The Bertz CT molecular complexity index is 579. The van der Waals surface area contributed by atoms with Crippen LogP contribution in [-0.2, 0) is 6.42 Å². The minimum absolute atomic E-state index is 0.199. The van der Waals surface area contributed by atoms with Crippen molar-refractivity contribution in [3.63, 3.8) is 0 Å². The van der Waals surface area contributed by atoms with Gasteiger partial charge in [0.25, 0.3) is 0 Å². The van der Waals surface area contributed by atoms with Gasteiger partial charge in [0.2, 0.25) is 0 Å². The van der Waals surface area contributed by atoms with Crippen LogP contribution in [0.3, 0.4) is 0 Å². The van der Waals surface area contributed by atoms with E-state index in [9.17, 15) is 4.79 Å². The van der Waals surface area contributed by atoms with Crippen LogP contribution in [0.1, 0.15) is 22.3 Å². The quantitative estimate of drug-likeness (QED) is 0.637. The highest BCUT2D eigenvalue weighted by Gasteiger charge is 2.04. The summed E-state index contributed by atoms with van der Waals surface area (Å²) in [6, 6.07) is 13.2. The minimum atomic E-state index is 0.199. The van der Waals surface area contributed by atoms with E-state index in [1.807, 2.05) is 38.2 Å². The molecule has 0 aliphatic rings. The van der Waals surface area contributed by atoms with Gasteiger partial charge in [-0.05, 0) is 36.6 Å². The first-order valence-corrected chi connectivity index (χ1v) is 6.66. The molecule has 0 atom stereocenters. The lowest BCUT2D eigenvalue weighted by Crippen LogP contribution is -2.03. The van der Waals surface area contributed by atoms with Crippen molar-refractivity contribution in [2.45, 2.75) is 12.8 Å². The van der Waals surface area contributed by atoms with Crippen molar-refractivity contribution in [3.05, 3.63) is 53.6 Å². The molecule has 0 unspecified atom stereocenters. The molecule has 0 bridgehead atoms. The number of carbonyl (C=O) groups excluding carboxylic acids is 1. The Morgan fingerprint density at radius 2 is 1.90 bits per heavy atom. The predicted octanol–water partition coefficient (Wildman–Crippen LogP) is 1.47. The average molecular weight is 268 g/mol. The first-order valence-electron chi connectivity index (χ1n) is 6.66. The van der Waals surface area contributed by atoms with E-state index in [0.29, 0.717) is 17.1 Å². The van der Waals surface area contributed by atoms with Crippen molar-refractivity contribution in [2.24, 2.45) is 0 Å². The molecule has 0 heterocycles. The Hall–Kier alpha value is -2.07. The van der Waals surface area contributed by atoms with Crippen LogP contribution in [0, 0.1) is 0 Å². The molecule has 0 aliphatic heterocycles. The van der Waals surface area contributed by atoms with E-state index in [1.165, 1.54) is 0 Å². The van der Waals surface area contributed by atoms with Gasteiger partial charge in [-0.2, -0.15) is 0 Å². The van der Waals surface area contributed by atoms with Crippen LogP contribution in [-0.4, -0.2) is 25.8 Å². The van der Waals surface area contributed by atoms with E-state index in [1.54, 1.807) is 12.1 Å². The van der Waals surface area contributed by atoms with Crippen molar-refractivity contribution in [3.8, 4) is 11.5 Å². The Kier molecular flexibility index (Phi) is 4.96. The molecule has 2 aromatic rings. The first-order chi connectivity index (χ1) is 9.72. The fraction of sp³-hybridized carbons (Fsp3) is 0.188. The molecule has 0 aliphatic carbocycles. The van der Waals surface area contributed by atoms with E-state index >= 15 is 0 Å². The lowest BCUT2D eigenvalue weighted by molar-refractivity contribution is 0.112. The standard InChI is InChI=1S/C16H17BO3/c17-14-5-8-16(13(10-14)11-19)20-15-6-3-12(4-7-15)2-1-9-18/h3-8,10-11,18H,1-2,9,17H2. The van der Waals surface area contributed by atoms with Gasteiger partial charge in [-0.15, -0.1) is 0 Å². The Labute approximate surface area is 119 Å². The fourth-order valence-electron chi connectivity index (χ4n) is 1.99. The monoisotopic (exact) mass is 268 g/mol. The molecule has 1 N–H and O–H groups in total. The largest absolute Gasteiger partial charge is 0.457 e. The molecule has 0 spiro atoms. The van der Waals surface area contributed by atoms with Gasteiger partial charge >= 0.3 is 0 Å². The van der Waals surface area contributed by atoms with E-state index in [2.05, 4.69) is 0 Å². The third kappa shape index (κ3) is 3.71. The number of hydrogen-bond acceptors (Lipinski definition) is 3. The molecule has 0 fully saturated rings. The van der Waals surface area contributed by atoms with Gasteiger partial charge in [0.05, 0.1) is 5.56 Å². The third-order valence-electron chi connectivity index (χ3n) is 3.07. The Balaban J connectivity index is 2.12. The fourth-order valence-corrected chi connectivity index (χ4v) is 1.99. The number of carbonyl (C=O) groups is 1. The molecule has 102 valence electrons. The molecule has 3 nitrogen and oxygen atoms in total. The van der Waals surface area contributed by atoms with Crippen LogP contribution < -0.4 is 10.2 Å². The van der Waals surface area contributed by atoms with Crippen LogP contribution in [0.15, 0.2) is 42.5 Å². The average Bonchev–Trinajstić information content (AvgIpc) is 2.48. The Morgan fingerprint density at radius 3 is 2.55 bits per heavy atom. The summed E-state index contributed by atoms with van der Waals surface area (Å²) in [5.41, 5.74) is 2.74. The van der Waals surface area contributed by atoms with Gasteiger partial charge < -0.3 is 9.84 Å². The van der Waals surface area contributed by atoms with Crippen molar-refractivity contribution in [1.82, 2.24) is 0 Å². The minimum Gasteiger partial charge on any atom is -0.457 e. The molecule has 0 radical (unpaired) electrons. The number of aryl methyl sites for hydroxylation is 1. The SMILES string of the molecule is Bc1ccc(Oc2ccc(CCCO)cc2)c(C=O)c1. The van der Waals surface area contributed by atoms with Gasteiger partial charge in [0.1, 0.15) is 19.3 Å². The van der Waals surface area contributed by atoms with Crippen LogP contribution in [0.25, 0.3) is 0 Å². The normalized spacial score (nSPS) is 10.2. The maximum atomic E-state index is 11.0. The number of benzene rings is 2. The lowest BCUT2D eigenvalue weighted by Gasteiger charge is -2.09. The van der Waals surface area contributed by atoms with Crippen LogP contribution in [0.2, 0.25) is 0 Å². The summed E-state index contributed by atoms with van der Waals surface area (Å²) in [6.45, 7) is 0.199. The van der Waals surface area contributed by atoms with Crippen LogP contribution >= 0.6 is 0 Å². The molecule has 20 heavy (non-hydrogen) atoms. The number of ether oxygens (including phenoxy) is 1. The van der Waals surface area contributed by atoms with Crippen LogP contribution in [0.5, 0.6) is 11.5 Å². The van der Waals surface area contributed by atoms with E-state index < -0.39 is 0 Å². The van der Waals surface area contributed by atoms with Crippen molar-refractivity contribution >= 4 is 19.6 Å². The second kappa shape index (κ2) is 6.92. The zero-order valence-electron chi connectivity index (χ0n) is 11.5. The number of hydrogen-bond donors (Lipinski definition) is 1. The van der Waals surface area contributed by atoms with Gasteiger partial charge in [-0.3, -0.25) is 4.79 Å².